The molecule has 6 nitrogen and oxygen atoms in total. The van der Waals surface area contributed by atoms with Crippen LogP contribution in [0.1, 0.15) is 35.5 Å². The summed E-state index contributed by atoms with van der Waals surface area (Å²) in [6, 6.07) is 7.63. The van der Waals surface area contributed by atoms with Crippen molar-refractivity contribution in [3.63, 3.8) is 0 Å². The van der Waals surface area contributed by atoms with Crippen LogP contribution in [0.25, 0.3) is 0 Å². The molecule has 1 N–H and O–H groups in total. The molecule has 1 aliphatic heterocycles. The van der Waals surface area contributed by atoms with Crippen molar-refractivity contribution in [1.82, 2.24) is 15.1 Å². The molecule has 0 spiro atoms. The third-order valence-corrected chi connectivity index (χ3v) is 5.34. The molecule has 9 heteroatoms. The number of piperazine rings is 1. The Morgan fingerprint density at radius 2 is 1.71 bits per heavy atom. The van der Waals surface area contributed by atoms with Crippen molar-refractivity contribution in [3.8, 4) is 0 Å². The summed E-state index contributed by atoms with van der Waals surface area (Å²) in [4.78, 5) is 29.1. The maximum absolute atomic E-state index is 13.0. The van der Waals surface area contributed by atoms with Gasteiger partial charge in [-0.05, 0) is 35.7 Å². The number of halogens is 3. The van der Waals surface area contributed by atoms with Crippen molar-refractivity contribution in [2.75, 3.05) is 26.2 Å². The third kappa shape index (κ3) is 5.88. The summed E-state index contributed by atoms with van der Waals surface area (Å²) >= 11 is 0. The molecule has 0 aliphatic carbocycles. The van der Waals surface area contributed by atoms with Crippen molar-refractivity contribution in [2.24, 2.45) is 5.92 Å². The van der Waals surface area contributed by atoms with Gasteiger partial charge in [0.05, 0.1) is 11.8 Å². The molecule has 0 unspecified atom stereocenters. The van der Waals surface area contributed by atoms with Crippen LogP contribution in [0.2, 0.25) is 0 Å². The number of carbonyl (C=O) groups is 2. The highest BCUT2D eigenvalue weighted by Crippen LogP contribution is 2.29. The highest BCUT2D eigenvalue weighted by Gasteiger charge is 2.32. The van der Waals surface area contributed by atoms with E-state index in [0.29, 0.717) is 32.7 Å². The molecule has 0 bridgehead atoms. The van der Waals surface area contributed by atoms with Crippen LogP contribution in [0.4, 0.5) is 13.2 Å². The maximum Gasteiger partial charge on any atom is 0.416 e. The number of rotatable bonds is 6. The lowest BCUT2D eigenvalue weighted by atomic mass is 10.0. The Balaban J connectivity index is 1.53. The Labute approximate surface area is 179 Å². The van der Waals surface area contributed by atoms with E-state index in [1.807, 2.05) is 13.8 Å². The lowest BCUT2D eigenvalue weighted by molar-refractivity contribution is -0.137. The second-order valence-electron chi connectivity index (χ2n) is 7.97. The quantitative estimate of drug-likeness (QED) is 0.753. The number of carbonyl (C=O) groups excluding carboxylic acids is 2. The standard InChI is InChI=1S/C22H26F3N3O3/c1-15(2)19(26-20(29)18-4-3-13-31-18)21(30)28-11-9-27(10-12-28)14-16-5-7-17(8-6-16)22(23,24)25/h3-8,13,15,19H,9-12,14H2,1-2H3,(H,26,29)/t19-/m0/s1. The van der Waals surface area contributed by atoms with Crippen LogP contribution in [0, 0.1) is 5.92 Å². The van der Waals surface area contributed by atoms with E-state index in [-0.39, 0.29) is 17.6 Å². The number of hydrogen-bond donors (Lipinski definition) is 1. The largest absolute Gasteiger partial charge is 0.459 e. The second kappa shape index (κ2) is 9.55. The molecule has 1 aromatic heterocycles. The normalized spacial score (nSPS) is 16.4. The predicted octanol–water partition coefficient (Wildman–Crippen LogP) is 3.40. The van der Waals surface area contributed by atoms with Gasteiger partial charge in [0.15, 0.2) is 5.76 Å². The van der Waals surface area contributed by atoms with E-state index >= 15 is 0 Å². The van der Waals surface area contributed by atoms with Crippen LogP contribution in [0.5, 0.6) is 0 Å². The molecule has 2 amide bonds. The molecule has 1 fully saturated rings. The Morgan fingerprint density at radius 3 is 2.23 bits per heavy atom. The summed E-state index contributed by atoms with van der Waals surface area (Å²) in [6.07, 6.45) is -2.94. The summed E-state index contributed by atoms with van der Waals surface area (Å²) in [5, 5.41) is 2.76. The van der Waals surface area contributed by atoms with Crippen LogP contribution in [0.15, 0.2) is 47.1 Å². The maximum atomic E-state index is 13.0. The zero-order chi connectivity index (χ0) is 22.6. The van der Waals surface area contributed by atoms with Gasteiger partial charge in [-0.3, -0.25) is 14.5 Å². The predicted molar refractivity (Wildman–Crippen MR) is 108 cm³/mol. The molecule has 168 valence electrons. The number of amides is 2. The fraction of sp³-hybridized carbons (Fsp3) is 0.455. The van der Waals surface area contributed by atoms with Crippen LogP contribution in [0.3, 0.4) is 0 Å². The van der Waals surface area contributed by atoms with Gasteiger partial charge in [0.2, 0.25) is 5.91 Å². The fourth-order valence-corrected chi connectivity index (χ4v) is 3.51. The van der Waals surface area contributed by atoms with Gasteiger partial charge in [0.1, 0.15) is 6.04 Å². The SMILES string of the molecule is CC(C)[C@H](NC(=O)c1ccco1)C(=O)N1CCN(Cc2ccc(C(F)(F)F)cc2)CC1. The lowest BCUT2D eigenvalue weighted by Gasteiger charge is -2.37. The Bertz CT molecular complexity index is 872. The van der Waals surface area contributed by atoms with Gasteiger partial charge in [-0.15, -0.1) is 0 Å². The number of benzene rings is 1. The fourth-order valence-electron chi connectivity index (χ4n) is 3.51. The van der Waals surface area contributed by atoms with Crippen LogP contribution in [-0.2, 0) is 17.5 Å². The number of alkyl halides is 3. The smallest absolute Gasteiger partial charge is 0.416 e. The molecule has 1 aromatic carbocycles. The van der Waals surface area contributed by atoms with Crippen molar-refractivity contribution >= 4 is 11.8 Å². The van der Waals surface area contributed by atoms with Gasteiger partial charge in [0, 0.05) is 32.7 Å². The molecule has 3 rings (SSSR count). The van der Waals surface area contributed by atoms with Gasteiger partial charge < -0.3 is 14.6 Å². The minimum atomic E-state index is -4.34. The first-order chi connectivity index (χ1) is 14.6. The van der Waals surface area contributed by atoms with Crippen molar-refractivity contribution in [2.45, 2.75) is 32.6 Å². The monoisotopic (exact) mass is 437 g/mol. The molecule has 31 heavy (non-hydrogen) atoms. The summed E-state index contributed by atoms with van der Waals surface area (Å²) in [5.74, 6) is -0.529. The van der Waals surface area contributed by atoms with Crippen molar-refractivity contribution < 1.29 is 27.2 Å². The average molecular weight is 437 g/mol. The second-order valence-corrected chi connectivity index (χ2v) is 7.97. The van der Waals surface area contributed by atoms with Gasteiger partial charge in [-0.1, -0.05) is 26.0 Å². The van der Waals surface area contributed by atoms with Crippen molar-refractivity contribution in [3.05, 3.63) is 59.5 Å². The topological polar surface area (TPSA) is 65.8 Å². The molecular weight excluding hydrogens is 411 g/mol. The van der Waals surface area contributed by atoms with Crippen LogP contribution < -0.4 is 5.32 Å². The van der Waals surface area contributed by atoms with Gasteiger partial charge >= 0.3 is 6.18 Å². The highest BCUT2D eigenvalue weighted by molar-refractivity contribution is 5.95. The van der Waals surface area contributed by atoms with Gasteiger partial charge in [0.25, 0.3) is 5.91 Å². The minimum Gasteiger partial charge on any atom is -0.459 e. The van der Waals surface area contributed by atoms with E-state index in [2.05, 4.69) is 10.2 Å². The summed E-state index contributed by atoms with van der Waals surface area (Å²) in [6.45, 7) is 6.42. The summed E-state index contributed by atoms with van der Waals surface area (Å²) < 4.78 is 43.2. The molecule has 1 saturated heterocycles. The molecule has 2 heterocycles. The van der Waals surface area contributed by atoms with E-state index < -0.39 is 23.7 Å². The Hall–Kier alpha value is -2.81. The number of nitrogens with one attached hydrogen (secondary N) is 1. The molecule has 0 saturated carbocycles. The Kier molecular flexibility index (Phi) is 7.04. The molecule has 2 aromatic rings. The van der Waals surface area contributed by atoms with Gasteiger partial charge in [-0.25, -0.2) is 0 Å². The van der Waals surface area contributed by atoms with Crippen LogP contribution in [-0.4, -0.2) is 53.8 Å². The van der Waals surface area contributed by atoms with E-state index in [4.69, 9.17) is 4.42 Å². The minimum absolute atomic E-state index is 0.100. The van der Waals surface area contributed by atoms with Gasteiger partial charge in [-0.2, -0.15) is 13.2 Å². The molecule has 1 aliphatic rings. The number of hydrogen-bond acceptors (Lipinski definition) is 4. The number of nitrogens with zero attached hydrogens (tertiary/aromatic N) is 2. The van der Waals surface area contributed by atoms with Crippen molar-refractivity contribution in [1.29, 1.82) is 0 Å². The zero-order valence-corrected chi connectivity index (χ0v) is 17.5. The highest BCUT2D eigenvalue weighted by atomic mass is 19.4. The van der Waals surface area contributed by atoms with Crippen LogP contribution >= 0.6 is 0 Å². The van der Waals surface area contributed by atoms with E-state index in [0.717, 1.165) is 17.7 Å². The van der Waals surface area contributed by atoms with E-state index in [1.165, 1.54) is 24.5 Å². The Morgan fingerprint density at radius 1 is 1.06 bits per heavy atom. The first-order valence-corrected chi connectivity index (χ1v) is 10.2. The molecular formula is C22H26F3N3O3. The summed E-state index contributed by atoms with van der Waals surface area (Å²) in [7, 11) is 0. The molecule has 0 radical (unpaired) electrons. The van der Waals surface area contributed by atoms with E-state index in [1.54, 1.807) is 11.0 Å². The summed E-state index contributed by atoms with van der Waals surface area (Å²) in [5.41, 5.74) is 0.126. The first-order valence-electron chi connectivity index (χ1n) is 10.2. The lowest BCUT2D eigenvalue weighted by Crippen LogP contribution is -2.56. The average Bonchev–Trinajstić information content (AvgIpc) is 3.26. The van der Waals surface area contributed by atoms with E-state index in [9.17, 15) is 22.8 Å². The molecule has 1 atom stereocenters. The third-order valence-electron chi connectivity index (χ3n) is 5.34. The number of furan rings is 1. The zero-order valence-electron chi connectivity index (χ0n) is 17.5. The first kappa shape index (κ1) is 22.9.